The molecule has 1 aliphatic rings. The Kier molecular flexibility index (Phi) is 4.69. The summed E-state index contributed by atoms with van der Waals surface area (Å²) in [7, 11) is 0. The number of halogens is 1. The molecule has 0 N–H and O–H groups in total. The van der Waals surface area contributed by atoms with Crippen molar-refractivity contribution in [3.8, 4) is 11.5 Å². The Balaban J connectivity index is 1.52. The van der Waals surface area contributed by atoms with Crippen molar-refractivity contribution >= 4 is 23.5 Å². The highest BCUT2D eigenvalue weighted by molar-refractivity contribution is 6.30. The molecule has 0 bridgehead atoms. The number of aryl methyl sites for hydroxylation is 1. The van der Waals surface area contributed by atoms with Gasteiger partial charge in [-0.15, -0.1) is 0 Å². The maximum Gasteiger partial charge on any atom is 0.231 e. The van der Waals surface area contributed by atoms with Gasteiger partial charge in [-0.3, -0.25) is 4.79 Å². The summed E-state index contributed by atoms with van der Waals surface area (Å²) in [6.07, 6.45) is 1.71. The average molecular weight is 377 g/mol. The van der Waals surface area contributed by atoms with Gasteiger partial charge in [0.05, 0.1) is 5.56 Å². The van der Waals surface area contributed by atoms with Gasteiger partial charge in [-0.25, -0.2) is 0 Å². The van der Waals surface area contributed by atoms with Crippen LogP contribution in [0.3, 0.4) is 0 Å². The molecule has 134 valence electrons. The Labute approximate surface area is 162 Å². The molecular weight excluding hydrogens is 360 g/mol. The van der Waals surface area contributed by atoms with Crippen molar-refractivity contribution in [1.82, 2.24) is 0 Å². The van der Waals surface area contributed by atoms with Gasteiger partial charge in [0.2, 0.25) is 5.78 Å². The van der Waals surface area contributed by atoms with Crippen LogP contribution < -0.4 is 9.47 Å². The Morgan fingerprint density at radius 3 is 2.59 bits per heavy atom. The summed E-state index contributed by atoms with van der Waals surface area (Å²) in [5.41, 5.74) is 3.70. The predicted octanol–water partition coefficient (Wildman–Crippen LogP) is 5.84. The van der Waals surface area contributed by atoms with Crippen LogP contribution in [-0.2, 0) is 6.61 Å². The number of benzene rings is 3. The van der Waals surface area contributed by atoms with E-state index < -0.39 is 0 Å². The molecule has 4 rings (SSSR count). The molecule has 1 aliphatic heterocycles. The van der Waals surface area contributed by atoms with Crippen LogP contribution in [0.5, 0.6) is 11.5 Å². The number of carbonyl (C=O) groups excluding carboxylic acids is 1. The normalized spacial score (nSPS) is 14.1. The third-order valence-electron chi connectivity index (χ3n) is 4.46. The van der Waals surface area contributed by atoms with Crippen LogP contribution in [0.25, 0.3) is 6.08 Å². The summed E-state index contributed by atoms with van der Waals surface area (Å²) in [4.78, 5) is 12.5. The first-order valence-corrected chi connectivity index (χ1v) is 8.99. The largest absolute Gasteiger partial charge is 0.489 e. The fourth-order valence-electron chi connectivity index (χ4n) is 2.90. The summed E-state index contributed by atoms with van der Waals surface area (Å²) >= 11 is 5.90. The van der Waals surface area contributed by atoms with Gasteiger partial charge in [0.1, 0.15) is 18.1 Å². The minimum Gasteiger partial charge on any atom is -0.489 e. The number of rotatable bonds is 4. The molecule has 3 nitrogen and oxygen atoms in total. The highest BCUT2D eigenvalue weighted by Gasteiger charge is 2.27. The van der Waals surface area contributed by atoms with E-state index in [1.165, 1.54) is 5.56 Å². The first-order valence-electron chi connectivity index (χ1n) is 8.61. The predicted molar refractivity (Wildman–Crippen MR) is 106 cm³/mol. The van der Waals surface area contributed by atoms with Crippen molar-refractivity contribution in [2.45, 2.75) is 13.5 Å². The number of carbonyl (C=O) groups is 1. The van der Waals surface area contributed by atoms with Gasteiger partial charge in [0, 0.05) is 11.1 Å². The van der Waals surface area contributed by atoms with Crippen LogP contribution in [0, 0.1) is 6.92 Å². The Morgan fingerprint density at radius 2 is 1.81 bits per heavy atom. The van der Waals surface area contributed by atoms with Gasteiger partial charge in [0.15, 0.2) is 5.76 Å². The second kappa shape index (κ2) is 7.29. The first-order chi connectivity index (χ1) is 13.1. The molecule has 0 saturated carbocycles. The smallest absolute Gasteiger partial charge is 0.231 e. The number of ketones is 1. The van der Waals surface area contributed by atoms with E-state index in [9.17, 15) is 4.79 Å². The van der Waals surface area contributed by atoms with Gasteiger partial charge >= 0.3 is 0 Å². The molecule has 0 spiro atoms. The van der Waals surface area contributed by atoms with Gasteiger partial charge in [-0.1, -0.05) is 48.0 Å². The molecule has 3 aromatic rings. The lowest BCUT2D eigenvalue weighted by Gasteiger charge is -2.09. The van der Waals surface area contributed by atoms with E-state index in [0.717, 1.165) is 11.1 Å². The van der Waals surface area contributed by atoms with Crippen molar-refractivity contribution in [2.24, 2.45) is 0 Å². The lowest BCUT2D eigenvalue weighted by molar-refractivity contribution is 0.101. The molecular formula is C23H17ClO3. The number of hydrogen-bond acceptors (Lipinski definition) is 3. The molecule has 0 radical (unpaired) electrons. The molecule has 0 aromatic heterocycles. The molecule has 0 unspecified atom stereocenters. The minimum atomic E-state index is -0.134. The summed E-state index contributed by atoms with van der Waals surface area (Å²) in [6, 6.07) is 20.6. The van der Waals surface area contributed by atoms with E-state index in [4.69, 9.17) is 21.1 Å². The monoisotopic (exact) mass is 376 g/mol. The highest BCUT2D eigenvalue weighted by atomic mass is 35.5. The second-order valence-electron chi connectivity index (χ2n) is 6.36. The summed E-state index contributed by atoms with van der Waals surface area (Å²) < 4.78 is 11.6. The van der Waals surface area contributed by atoms with Crippen molar-refractivity contribution < 1.29 is 14.3 Å². The van der Waals surface area contributed by atoms with Crippen LogP contribution >= 0.6 is 11.6 Å². The zero-order chi connectivity index (χ0) is 18.8. The molecule has 27 heavy (non-hydrogen) atoms. The third-order valence-corrected chi connectivity index (χ3v) is 4.72. The number of ether oxygens (including phenoxy) is 2. The van der Waals surface area contributed by atoms with Crippen LogP contribution in [0.2, 0.25) is 5.02 Å². The van der Waals surface area contributed by atoms with Crippen LogP contribution in [0.1, 0.15) is 27.0 Å². The standard InChI is InChI=1S/C23H17ClO3/c1-15-4-2-3-5-17(15)14-26-19-10-11-20-21(13-19)27-22(23(20)25)12-16-6-8-18(24)9-7-16/h2-13H,14H2,1H3. The number of hydrogen-bond donors (Lipinski definition) is 0. The SMILES string of the molecule is Cc1ccccc1COc1ccc2c(c1)OC(=Cc1ccc(Cl)cc1)C2=O. The molecule has 3 aromatic carbocycles. The van der Waals surface area contributed by atoms with Crippen molar-refractivity contribution in [3.05, 3.63) is 99.8 Å². The van der Waals surface area contributed by atoms with Gasteiger partial charge in [-0.2, -0.15) is 0 Å². The van der Waals surface area contributed by atoms with E-state index in [0.29, 0.717) is 34.5 Å². The maximum absolute atomic E-state index is 12.5. The average Bonchev–Trinajstić information content (AvgIpc) is 2.98. The zero-order valence-electron chi connectivity index (χ0n) is 14.7. The van der Waals surface area contributed by atoms with Gasteiger partial charge in [0.25, 0.3) is 0 Å². The fourth-order valence-corrected chi connectivity index (χ4v) is 3.03. The van der Waals surface area contributed by atoms with Crippen molar-refractivity contribution in [1.29, 1.82) is 0 Å². The summed E-state index contributed by atoms with van der Waals surface area (Å²) in [6.45, 7) is 2.52. The lowest BCUT2D eigenvalue weighted by Crippen LogP contribution is -1.98. The molecule has 0 saturated heterocycles. The number of allylic oxidation sites excluding steroid dienone is 1. The van der Waals surface area contributed by atoms with Gasteiger partial charge in [-0.05, 0) is 54.0 Å². The molecule has 0 fully saturated rings. The quantitative estimate of drug-likeness (QED) is 0.536. The van der Waals surface area contributed by atoms with Crippen LogP contribution in [-0.4, -0.2) is 5.78 Å². The maximum atomic E-state index is 12.5. The van der Waals surface area contributed by atoms with Crippen molar-refractivity contribution in [2.75, 3.05) is 0 Å². The lowest BCUT2D eigenvalue weighted by atomic mass is 10.1. The van der Waals surface area contributed by atoms with Gasteiger partial charge < -0.3 is 9.47 Å². The van der Waals surface area contributed by atoms with Crippen LogP contribution in [0.15, 0.2) is 72.5 Å². The topological polar surface area (TPSA) is 35.5 Å². The Hall–Kier alpha value is -3.04. The second-order valence-corrected chi connectivity index (χ2v) is 6.80. The van der Waals surface area contributed by atoms with E-state index >= 15 is 0 Å². The molecule has 0 aliphatic carbocycles. The highest BCUT2D eigenvalue weighted by Crippen LogP contribution is 2.35. The van der Waals surface area contributed by atoms with E-state index in [1.807, 2.05) is 30.3 Å². The van der Waals surface area contributed by atoms with Crippen LogP contribution in [0.4, 0.5) is 0 Å². The first kappa shape index (κ1) is 17.4. The molecule has 1 heterocycles. The summed E-state index contributed by atoms with van der Waals surface area (Å²) in [5.74, 6) is 1.34. The Morgan fingerprint density at radius 1 is 1.04 bits per heavy atom. The van der Waals surface area contributed by atoms with E-state index in [-0.39, 0.29) is 5.78 Å². The fraction of sp³-hybridized carbons (Fsp3) is 0.0870. The molecule has 4 heteroatoms. The minimum absolute atomic E-state index is 0.134. The third kappa shape index (κ3) is 3.74. The summed E-state index contributed by atoms with van der Waals surface area (Å²) in [5, 5.41) is 0.648. The Bertz CT molecular complexity index is 1040. The van der Waals surface area contributed by atoms with E-state index in [1.54, 1.807) is 36.4 Å². The molecule has 0 amide bonds. The van der Waals surface area contributed by atoms with Crippen molar-refractivity contribution in [3.63, 3.8) is 0 Å². The zero-order valence-corrected chi connectivity index (χ0v) is 15.5. The van der Waals surface area contributed by atoms with E-state index in [2.05, 4.69) is 13.0 Å². The number of fused-ring (bicyclic) bond motifs is 1. The molecule has 0 atom stereocenters. The number of Topliss-reactive ketones (excluding diaryl/α,β-unsaturated/α-hetero) is 1.